The molecule has 0 radical (unpaired) electrons. The van der Waals surface area contributed by atoms with Crippen LogP contribution in [0.1, 0.15) is 44.1 Å². The van der Waals surface area contributed by atoms with E-state index in [0.717, 1.165) is 24.2 Å². The Morgan fingerprint density at radius 1 is 1.17 bits per heavy atom. The molecule has 1 aromatic heterocycles. The Morgan fingerprint density at radius 3 is 2.28 bits per heavy atom. The summed E-state index contributed by atoms with van der Waals surface area (Å²) in [5, 5.41) is 0. The van der Waals surface area contributed by atoms with Crippen molar-refractivity contribution in [3.63, 3.8) is 0 Å². The van der Waals surface area contributed by atoms with Crippen molar-refractivity contribution >= 4 is 0 Å². The van der Waals surface area contributed by atoms with Crippen LogP contribution in [-0.4, -0.2) is 6.04 Å². The zero-order chi connectivity index (χ0) is 12.2. The van der Waals surface area contributed by atoms with Gasteiger partial charge in [-0.05, 0) is 79.7 Å². The first-order valence-corrected chi connectivity index (χ1v) is 7.50. The zero-order valence-electron chi connectivity index (χ0n) is 11.0. The van der Waals surface area contributed by atoms with Gasteiger partial charge in [0.2, 0.25) is 0 Å². The van der Waals surface area contributed by atoms with E-state index >= 15 is 0 Å². The molecule has 98 valence electrons. The number of hydrogen-bond acceptors (Lipinski definition) is 2. The first-order chi connectivity index (χ1) is 8.73. The highest BCUT2D eigenvalue weighted by Gasteiger charge is 2.53. The van der Waals surface area contributed by atoms with Crippen LogP contribution in [0.2, 0.25) is 0 Å². The maximum absolute atomic E-state index is 6.62. The second-order valence-corrected chi connectivity index (χ2v) is 7.22. The highest BCUT2D eigenvalue weighted by Crippen LogP contribution is 2.61. The van der Waals surface area contributed by atoms with Gasteiger partial charge < -0.3 is 10.2 Å². The lowest BCUT2D eigenvalue weighted by Gasteiger charge is -2.59. The van der Waals surface area contributed by atoms with Crippen LogP contribution >= 0.6 is 0 Å². The molecule has 4 bridgehead atoms. The molecule has 0 amide bonds. The topological polar surface area (TPSA) is 39.2 Å². The van der Waals surface area contributed by atoms with Crippen LogP contribution in [0.15, 0.2) is 23.0 Å². The fraction of sp³-hybridized carbons (Fsp3) is 0.750. The standard InChI is InChI=1S/C16H23NO/c17-15(6-11-1-2-18-10-11)16-7-12-3-13(8-16)5-14(4-12)9-16/h1-2,10,12-15H,3-9,17H2. The monoisotopic (exact) mass is 245 g/mol. The van der Waals surface area contributed by atoms with Gasteiger partial charge in [0.05, 0.1) is 12.5 Å². The molecule has 0 spiro atoms. The molecule has 4 saturated carbocycles. The van der Waals surface area contributed by atoms with Crippen LogP contribution in [0.25, 0.3) is 0 Å². The molecule has 5 rings (SSSR count). The Hall–Kier alpha value is -0.760. The van der Waals surface area contributed by atoms with E-state index in [1.54, 1.807) is 6.26 Å². The minimum atomic E-state index is 0.337. The van der Waals surface area contributed by atoms with Crippen molar-refractivity contribution in [2.75, 3.05) is 0 Å². The van der Waals surface area contributed by atoms with E-state index in [2.05, 4.69) is 6.07 Å². The van der Waals surface area contributed by atoms with Gasteiger partial charge in [0.15, 0.2) is 0 Å². The largest absolute Gasteiger partial charge is 0.472 e. The number of nitrogens with two attached hydrogens (primary N) is 1. The van der Waals surface area contributed by atoms with E-state index in [4.69, 9.17) is 10.2 Å². The van der Waals surface area contributed by atoms with E-state index < -0.39 is 0 Å². The summed E-state index contributed by atoms with van der Waals surface area (Å²) >= 11 is 0. The summed E-state index contributed by atoms with van der Waals surface area (Å²) in [6.45, 7) is 0. The van der Waals surface area contributed by atoms with E-state index in [9.17, 15) is 0 Å². The van der Waals surface area contributed by atoms with Crippen molar-refractivity contribution in [1.29, 1.82) is 0 Å². The molecule has 0 aromatic carbocycles. The van der Waals surface area contributed by atoms with Gasteiger partial charge in [-0.2, -0.15) is 0 Å². The quantitative estimate of drug-likeness (QED) is 0.886. The van der Waals surface area contributed by atoms with Crippen LogP contribution in [0.5, 0.6) is 0 Å². The first kappa shape index (κ1) is 11.1. The highest BCUT2D eigenvalue weighted by atomic mass is 16.3. The highest BCUT2D eigenvalue weighted by molar-refractivity contribution is 5.12. The second-order valence-electron chi connectivity index (χ2n) is 7.22. The second kappa shape index (κ2) is 3.86. The zero-order valence-corrected chi connectivity index (χ0v) is 11.0. The molecule has 2 N–H and O–H groups in total. The van der Waals surface area contributed by atoms with Crippen LogP contribution in [0.4, 0.5) is 0 Å². The predicted octanol–water partition coefficient (Wildman–Crippen LogP) is 3.37. The van der Waals surface area contributed by atoms with Crippen LogP contribution in [0, 0.1) is 23.2 Å². The molecule has 4 aliphatic rings. The third-order valence-electron chi connectivity index (χ3n) is 5.91. The predicted molar refractivity (Wildman–Crippen MR) is 71.0 cm³/mol. The van der Waals surface area contributed by atoms with E-state index in [1.165, 1.54) is 44.1 Å². The molecule has 4 fully saturated rings. The molecule has 2 heteroatoms. The molecule has 1 atom stereocenters. The summed E-state index contributed by atoms with van der Waals surface area (Å²) in [4.78, 5) is 0. The first-order valence-electron chi connectivity index (χ1n) is 7.50. The van der Waals surface area contributed by atoms with Crippen molar-refractivity contribution in [1.82, 2.24) is 0 Å². The van der Waals surface area contributed by atoms with E-state index in [-0.39, 0.29) is 0 Å². The van der Waals surface area contributed by atoms with Crippen LogP contribution in [-0.2, 0) is 6.42 Å². The molecule has 18 heavy (non-hydrogen) atoms. The molecular formula is C16H23NO. The molecule has 0 saturated heterocycles. The maximum atomic E-state index is 6.62. The summed E-state index contributed by atoms with van der Waals surface area (Å²) in [7, 11) is 0. The van der Waals surface area contributed by atoms with Crippen LogP contribution < -0.4 is 5.73 Å². The van der Waals surface area contributed by atoms with Crippen molar-refractivity contribution in [2.24, 2.45) is 28.9 Å². The summed E-state index contributed by atoms with van der Waals surface area (Å²) < 4.78 is 5.18. The third kappa shape index (κ3) is 1.65. The van der Waals surface area contributed by atoms with Crippen molar-refractivity contribution in [3.8, 4) is 0 Å². The molecule has 0 aliphatic heterocycles. The molecule has 2 nitrogen and oxygen atoms in total. The maximum Gasteiger partial charge on any atom is 0.0935 e. The fourth-order valence-corrected chi connectivity index (χ4v) is 5.51. The Labute approximate surface area is 109 Å². The number of furan rings is 1. The fourth-order valence-electron chi connectivity index (χ4n) is 5.51. The normalized spacial score (nSPS) is 43.3. The Kier molecular flexibility index (Phi) is 2.38. The SMILES string of the molecule is NC(Cc1ccoc1)C12CC3CC(CC(C3)C1)C2. The van der Waals surface area contributed by atoms with Gasteiger partial charge in [-0.3, -0.25) is 0 Å². The van der Waals surface area contributed by atoms with Gasteiger partial charge in [-0.1, -0.05) is 0 Å². The van der Waals surface area contributed by atoms with Gasteiger partial charge >= 0.3 is 0 Å². The summed E-state index contributed by atoms with van der Waals surface area (Å²) in [6.07, 6.45) is 13.3. The lowest BCUT2D eigenvalue weighted by Crippen LogP contribution is -2.55. The summed E-state index contributed by atoms with van der Waals surface area (Å²) in [5.41, 5.74) is 8.36. The van der Waals surface area contributed by atoms with Gasteiger partial charge in [-0.15, -0.1) is 0 Å². The molecule has 1 heterocycles. The van der Waals surface area contributed by atoms with Gasteiger partial charge in [-0.25, -0.2) is 0 Å². The number of hydrogen-bond donors (Lipinski definition) is 1. The van der Waals surface area contributed by atoms with Gasteiger partial charge in [0.1, 0.15) is 0 Å². The van der Waals surface area contributed by atoms with Crippen LogP contribution in [0.3, 0.4) is 0 Å². The lowest BCUT2D eigenvalue weighted by atomic mass is 9.47. The van der Waals surface area contributed by atoms with E-state index in [1.807, 2.05) is 6.26 Å². The Balaban J connectivity index is 1.56. The molecular weight excluding hydrogens is 222 g/mol. The summed E-state index contributed by atoms with van der Waals surface area (Å²) in [6, 6.07) is 2.41. The molecule has 1 unspecified atom stereocenters. The van der Waals surface area contributed by atoms with Gasteiger partial charge in [0, 0.05) is 6.04 Å². The smallest absolute Gasteiger partial charge is 0.0935 e. The average molecular weight is 245 g/mol. The Bertz CT molecular complexity index is 387. The molecule has 4 aliphatic carbocycles. The summed E-state index contributed by atoms with van der Waals surface area (Å²) in [5.74, 6) is 2.98. The van der Waals surface area contributed by atoms with Crippen molar-refractivity contribution in [2.45, 2.75) is 51.0 Å². The number of rotatable bonds is 3. The minimum Gasteiger partial charge on any atom is -0.472 e. The van der Waals surface area contributed by atoms with E-state index in [0.29, 0.717) is 11.5 Å². The Morgan fingerprint density at radius 2 is 1.78 bits per heavy atom. The average Bonchev–Trinajstić information content (AvgIpc) is 2.79. The van der Waals surface area contributed by atoms with Gasteiger partial charge in [0.25, 0.3) is 0 Å². The minimum absolute atomic E-state index is 0.337. The third-order valence-corrected chi connectivity index (χ3v) is 5.91. The lowest BCUT2D eigenvalue weighted by molar-refractivity contribution is -0.0667. The van der Waals surface area contributed by atoms with Crippen molar-refractivity contribution < 1.29 is 4.42 Å². The van der Waals surface area contributed by atoms with Crippen molar-refractivity contribution in [3.05, 3.63) is 24.2 Å². The molecule has 1 aromatic rings.